The third-order valence-electron chi connectivity index (χ3n) is 3.62. The normalized spacial score (nSPS) is 16.5. The minimum absolute atomic E-state index is 0.0988. The third kappa shape index (κ3) is 2.98. The maximum atomic E-state index is 12.0. The fraction of sp³-hybridized carbons (Fsp3) is 0.250. The molecule has 2 aromatic rings. The van der Waals surface area contributed by atoms with Crippen LogP contribution in [0.25, 0.3) is 0 Å². The van der Waals surface area contributed by atoms with Gasteiger partial charge < -0.3 is 15.0 Å². The topological polar surface area (TPSA) is 84.4 Å². The molecule has 1 atom stereocenters. The molecule has 1 aromatic carbocycles. The summed E-state index contributed by atoms with van der Waals surface area (Å²) in [6, 6.07) is 5.49. The number of amides is 2. The summed E-state index contributed by atoms with van der Waals surface area (Å²) < 4.78 is 5.57. The summed E-state index contributed by atoms with van der Waals surface area (Å²) in [5.74, 6) is 0.256. The first-order valence-corrected chi connectivity index (χ1v) is 7.17. The van der Waals surface area contributed by atoms with Crippen molar-refractivity contribution in [2.24, 2.45) is 0 Å². The molecule has 7 heteroatoms. The van der Waals surface area contributed by atoms with Crippen molar-refractivity contribution in [1.29, 1.82) is 0 Å². The van der Waals surface area contributed by atoms with Crippen molar-refractivity contribution in [3.8, 4) is 5.75 Å². The fourth-order valence-corrected chi connectivity index (χ4v) is 2.36. The van der Waals surface area contributed by atoms with Crippen molar-refractivity contribution in [1.82, 2.24) is 15.3 Å². The first-order chi connectivity index (χ1) is 11.1. The molecule has 1 aliphatic heterocycles. The number of nitrogens with zero attached hydrogens (tertiary/aromatic N) is 3. The number of hydrogen-bond donors (Lipinski definition) is 1. The average Bonchev–Trinajstić information content (AvgIpc) is 2.59. The van der Waals surface area contributed by atoms with Crippen LogP contribution in [-0.2, 0) is 11.3 Å². The van der Waals surface area contributed by atoms with Gasteiger partial charge in [-0.3, -0.25) is 14.6 Å². The molecule has 0 saturated heterocycles. The fourth-order valence-electron chi connectivity index (χ4n) is 2.36. The Balaban J connectivity index is 1.73. The van der Waals surface area contributed by atoms with Gasteiger partial charge in [-0.15, -0.1) is 0 Å². The van der Waals surface area contributed by atoms with E-state index in [0.717, 1.165) is 5.56 Å². The van der Waals surface area contributed by atoms with Gasteiger partial charge >= 0.3 is 0 Å². The van der Waals surface area contributed by atoms with E-state index in [9.17, 15) is 9.59 Å². The van der Waals surface area contributed by atoms with Gasteiger partial charge in [0.25, 0.3) is 11.8 Å². The van der Waals surface area contributed by atoms with Gasteiger partial charge in [0.05, 0.1) is 11.9 Å². The van der Waals surface area contributed by atoms with Gasteiger partial charge in [-0.25, -0.2) is 4.98 Å². The minimum Gasteiger partial charge on any atom is -0.479 e. The summed E-state index contributed by atoms with van der Waals surface area (Å²) in [5, 5.41) is 2.77. The lowest BCUT2D eigenvalue weighted by Crippen LogP contribution is -2.42. The Morgan fingerprint density at radius 1 is 1.39 bits per heavy atom. The Morgan fingerprint density at radius 3 is 2.96 bits per heavy atom. The zero-order valence-corrected chi connectivity index (χ0v) is 12.8. The number of ether oxygens (including phenoxy) is 1. The van der Waals surface area contributed by atoms with Gasteiger partial charge in [0.1, 0.15) is 11.4 Å². The molecule has 2 heterocycles. The number of rotatable bonds is 3. The molecule has 1 unspecified atom stereocenters. The van der Waals surface area contributed by atoms with E-state index in [-0.39, 0.29) is 17.5 Å². The lowest BCUT2D eigenvalue weighted by molar-refractivity contribution is -0.125. The molecule has 118 valence electrons. The highest BCUT2D eigenvalue weighted by molar-refractivity contribution is 5.99. The average molecular weight is 312 g/mol. The minimum atomic E-state index is -0.491. The highest BCUT2D eigenvalue weighted by atomic mass is 16.5. The van der Waals surface area contributed by atoms with Crippen molar-refractivity contribution in [2.75, 3.05) is 11.9 Å². The highest BCUT2D eigenvalue weighted by Gasteiger charge is 2.28. The number of benzene rings is 1. The molecule has 3 rings (SSSR count). The molecular formula is C16H16N4O3. The molecule has 0 aliphatic carbocycles. The Bertz CT molecular complexity index is 748. The monoisotopic (exact) mass is 312 g/mol. The highest BCUT2D eigenvalue weighted by Crippen LogP contribution is 2.33. The zero-order valence-electron chi connectivity index (χ0n) is 12.8. The van der Waals surface area contributed by atoms with E-state index in [0.29, 0.717) is 18.0 Å². The maximum absolute atomic E-state index is 12.0. The first kappa shape index (κ1) is 15.0. The maximum Gasteiger partial charge on any atom is 0.271 e. The van der Waals surface area contributed by atoms with Gasteiger partial charge in [-0.05, 0) is 24.6 Å². The van der Waals surface area contributed by atoms with Crippen LogP contribution in [0.5, 0.6) is 5.75 Å². The van der Waals surface area contributed by atoms with Gasteiger partial charge in [0.2, 0.25) is 0 Å². The summed E-state index contributed by atoms with van der Waals surface area (Å²) in [5.41, 5.74) is 1.81. The van der Waals surface area contributed by atoms with Crippen LogP contribution in [0.15, 0.2) is 36.8 Å². The molecule has 23 heavy (non-hydrogen) atoms. The van der Waals surface area contributed by atoms with Crippen molar-refractivity contribution in [2.45, 2.75) is 19.6 Å². The summed E-state index contributed by atoms with van der Waals surface area (Å²) in [6.45, 7) is 2.04. The number of aromatic nitrogens is 2. The molecule has 1 N–H and O–H groups in total. The van der Waals surface area contributed by atoms with Crippen molar-refractivity contribution in [3.63, 3.8) is 0 Å². The second-order valence-electron chi connectivity index (χ2n) is 5.23. The number of carbonyl (C=O) groups is 2. The largest absolute Gasteiger partial charge is 0.479 e. The lowest BCUT2D eigenvalue weighted by Gasteiger charge is -2.30. The molecule has 1 aromatic heterocycles. The molecule has 0 radical (unpaired) electrons. The molecule has 0 spiro atoms. The third-order valence-corrected chi connectivity index (χ3v) is 3.62. The standard InChI is InChI=1S/C16H16N4O3/c1-10-16(22)20(2)13-7-11(3-4-14(13)23-10)8-19-15(21)12-9-17-5-6-18-12/h3-7,9-10H,8H2,1-2H3,(H,19,21). The van der Waals surface area contributed by atoms with E-state index in [1.807, 2.05) is 12.1 Å². The van der Waals surface area contributed by atoms with Crippen LogP contribution < -0.4 is 15.0 Å². The Labute approximate surface area is 133 Å². The van der Waals surface area contributed by atoms with Crippen LogP contribution in [0.3, 0.4) is 0 Å². The number of anilines is 1. The summed E-state index contributed by atoms with van der Waals surface area (Å²) in [6.07, 6.45) is 3.89. The van der Waals surface area contributed by atoms with Crippen LogP contribution >= 0.6 is 0 Å². The molecule has 1 aliphatic rings. The lowest BCUT2D eigenvalue weighted by atomic mass is 10.1. The van der Waals surface area contributed by atoms with Crippen molar-refractivity contribution < 1.29 is 14.3 Å². The van der Waals surface area contributed by atoms with Gasteiger partial charge in [0.15, 0.2) is 6.10 Å². The van der Waals surface area contributed by atoms with E-state index in [4.69, 9.17) is 4.74 Å². The van der Waals surface area contributed by atoms with Gasteiger partial charge in [0, 0.05) is 26.0 Å². The number of likely N-dealkylation sites (N-methyl/N-ethyl adjacent to an activating group) is 1. The van der Waals surface area contributed by atoms with E-state index in [2.05, 4.69) is 15.3 Å². The molecule has 0 fully saturated rings. The predicted molar refractivity (Wildman–Crippen MR) is 83.1 cm³/mol. The Hall–Kier alpha value is -2.96. The van der Waals surface area contributed by atoms with Crippen LogP contribution in [0.1, 0.15) is 23.0 Å². The van der Waals surface area contributed by atoms with Crippen LogP contribution in [-0.4, -0.2) is 34.9 Å². The van der Waals surface area contributed by atoms with Crippen LogP contribution in [0.2, 0.25) is 0 Å². The summed E-state index contributed by atoms with van der Waals surface area (Å²) in [4.78, 5) is 33.3. The SMILES string of the molecule is CC1Oc2ccc(CNC(=O)c3cnccn3)cc2N(C)C1=O. The second-order valence-corrected chi connectivity index (χ2v) is 5.23. The molecular weight excluding hydrogens is 296 g/mol. The zero-order chi connectivity index (χ0) is 16.4. The number of hydrogen-bond acceptors (Lipinski definition) is 5. The number of carbonyl (C=O) groups excluding carboxylic acids is 2. The van der Waals surface area contributed by atoms with Gasteiger partial charge in [-0.1, -0.05) is 6.07 Å². The molecule has 2 amide bonds. The molecule has 7 nitrogen and oxygen atoms in total. The van der Waals surface area contributed by atoms with Crippen LogP contribution in [0, 0.1) is 0 Å². The molecule has 0 saturated carbocycles. The molecule has 0 bridgehead atoms. The quantitative estimate of drug-likeness (QED) is 0.919. The summed E-state index contributed by atoms with van der Waals surface area (Å²) >= 11 is 0. The van der Waals surface area contributed by atoms with E-state index >= 15 is 0 Å². The number of nitrogens with one attached hydrogen (secondary N) is 1. The number of fused-ring (bicyclic) bond motifs is 1. The summed E-state index contributed by atoms with van der Waals surface area (Å²) in [7, 11) is 1.71. The van der Waals surface area contributed by atoms with Crippen molar-refractivity contribution >= 4 is 17.5 Å². The van der Waals surface area contributed by atoms with Gasteiger partial charge in [-0.2, -0.15) is 0 Å². The second kappa shape index (κ2) is 6.04. The van der Waals surface area contributed by atoms with E-state index in [1.165, 1.54) is 18.6 Å². The Kier molecular flexibility index (Phi) is 3.92. The van der Waals surface area contributed by atoms with E-state index in [1.54, 1.807) is 24.9 Å². The van der Waals surface area contributed by atoms with Crippen LogP contribution in [0.4, 0.5) is 5.69 Å². The smallest absolute Gasteiger partial charge is 0.271 e. The Morgan fingerprint density at radius 2 is 2.22 bits per heavy atom. The predicted octanol–water partition coefficient (Wildman–Crippen LogP) is 1.15. The van der Waals surface area contributed by atoms with E-state index < -0.39 is 6.10 Å². The first-order valence-electron chi connectivity index (χ1n) is 7.17. The van der Waals surface area contributed by atoms with Crippen molar-refractivity contribution in [3.05, 3.63) is 48.0 Å².